The summed E-state index contributed by atoms with van der Waals surface area (Å²) in [6.45, 7) is 3.90. The SMILES string of the molecule is CC(C)Oc1ccc(-c2ccc(CO)cc2)cc1C#N. The molecule has 0 aromatic heterocycles. The van der Waals surface area contributed by atoms with E-state index in [4.69, 9.17) is 9.84 Å². The van der Waals surface area contributed by atoms with Gasteiger partial charge in [-0.2, -0.15) is 5.26 Å². The van der Waals surface area contributed by atoms with E-state index in [1.165, 1.54) is 0 Å². The van der Waals surface area contributed by atoms with Crippen molar-refractivity contribution in [3.05, 3.63) is 53.6 Å². The summed E-state index contributed by atoms with van der Waals surface area (Å²) < 4.78 is 5.61. The van der Waals surface area contributed by atoms with E-state index in [9.17, 15) is 5.26 Å². The third-order valence-corrected chi connectivity index (χ3v) is 2.93. The first kappa shape index (κ1) is 14.1. The first-order chi connectivity index (χ1) is 9.63. The molecule has 0 fully saturated rings. The van der Waals surface area contributed by atoms with Crippen molar-refractivity contribution in [1.29, 1.82) is 5.26 Å². The van der Waals surface area contributed by atoms with Gasteiger partial charge in [-0.3, -0.25) is 0 Å². The third kappa shape index (κ3) is 3.17. The Bertz CT molecular complexity index is 624. The van der Waals surface area contributed by atoms with Gasteiger partial charge in [0.2, 0.25) is 0 Å². The van der Waals surface area contributed by atoms with Gasteiger partial charge in [0.25, 0.3) is 0 Å². The molecule has 0 atom stereocenters. The summed E-state index contributed by atoms with van der Waals surface area (Å²) >= 11 is 0. The maximum atomic E-state index is 9.22. The number of nitrogens with zero attached hydrogens (tertiary/aromatic N) is 1. The van der Waals surface area contributed by atoms with Gasteiger partial charge in [-0.1, -0.05) is 30.3 Å². The van der Waals surface area contributed by atoms with Crippen LogP contribution in [0.4, 0.5) is 0 Å². The predicted molar refractivity (Wildman–Crippen MR) is 78.3 cm³/mol. The highest BCUT2D eigenvalue weighted by Gasteiger charge is 2.07. The quantitative estimate of drug-likeness (QED) is 0.922. The Balaban J connectivity index is 2.35. The molecule has 0 aliphatic rings. The van der Waals surface area contributed by atoms with Crippen LogP contribution in [-0.2, 0) is 6.61 Å². The molecule has 0 aliphatic heterocycles. The van der Waals surface area contributed by atoms with Crippen LogP contribution in [0.15, 0.2) is 42.5 Å². The highest BCUT2D eigenvalue weighted by atomic mass is 16.5. The summed E-state index contributed by atoms with van der Waals surface area (Å²) in [5.74, 6) is 0.609. The summed E-state index contributed by atoms with van der Waals surface area (Å²) in [7, 11) is 0. The van der Waals surface area contributed by atoms with E-state index in [-0.39, 0.29) is 12.7 Å². The van der Waals surface area contributed by atoms with Crippen LogP contribution in [0.2, 0.25) is 0 Å². The van der Waals surface area contributed by atoms with Crippen LogP contribution < -0.4 is 4.74 Å². The molecule has 1 N–H and O–H groups in total. The van der Waals surface area contributed by atoms with Crippen LogP contribution in [0, 0.1) is 11.3 Å². The molecule has 0 aliphatic carbocycles. The smallest absolute Gasteiger partial charge is 0.137 e. The monoisotopic (exact) mass is 267 g/mol. The van der Waals surface area contributed by atoms with Crippen molar-refractivity contribution in [2.24, 2.45) is 0 Å². The Labute approximate surface area is 119 Å². The zero-order valence-corrected chi connectivity index (χ0v) is 11.6. The Morgan fingerprint density at radius 2 is 1.75 bits per heavy atom. The minimum atomic E-state index is 0.0326. The van der Waals surface area contributed by atoms with Crippen LogP contribution in [0.25, 0.3) is 11.1 Å². The zero-order chi connectivity index (χ0) is 14.5. The minimum absolute atomic E-state index is 0.0326. The zero-order valence-electron chi connectivity index (χ0n) is 11.6. The van der Waals surface area contributed by atoms with E-state index >= 15 is 0 Å². The average Bonchev–Trinajstić information content (AvgIpc) is 2.47. The number of aliphatic hydroxyl groups excluding tert-OH is 1. The second-order valence-corrected chi connectivity index (χ2v) is 4.84. The lowest BCUT2D eigenvalue weighted by Gasteiger charge is -2.12. The molecular formula is C17H17NO2. The maximum Gasteiger partial charge on any atom is 0.137 e. The molecule has 3 nitrogen and oxygen atoms in total. The third-order valence-electron chi connectivity index (χ3n) is 2.93. The van der Waals surface area contributed by atoms with Gasteiger partial charge >= 0.3 is 0 Å². The van der Waals surface area contributed by atoms with Crippen LogP contribution in [0.5, 0.6) is 5.75 Å². The number of hydrogen-bond donors (Lipinski definition) is 1. The second kappa shape index (κ2) is 6.23. The summed E-state index contributed by atoms with van der Waals surface area (Å²) in [6.07, 6.45) is 0.0387. The van der Waals surface area contributed by atoms with E-state index in [0.29, 0.717) is 11.3 Å². The van der Waals surface area contributed by atoms with Crippen LogP contribution >= 0.6 is 0 Å². The molecule has 0 bridgehead atoms. The molecular weight excluding hydrogens is 250 g/mol. The molecule has 0 saturated carbocycles. The van der Waals surface area contributed by atoms with Crippen molar-refractivity contribution in [2.75, 3.05) is 0 Å². The minimum Gasteiger partial charge on any atom is -0.490 e. The molecule has 102 valence electrons. The number of benzene rings is 2. The fourth-order valence-electron chi connectivity index (χ4n) is 1.96. The van der Waals surface area contributed by atoms with Crippen molar-refractivity contribution in [2.45, 2.75) is 26.6 Å². The number of aliphatic hydroxyl groups is 1. The van der Waals surface area contributed by atoms with E-state index in [2.05, 4.69) is 6.07 Å². The number of nitriles is 1. The van der Waals surface area contributed by atoms with Gasteiger partial charge in [-0.25, -0.2) is 0 Å². The van der Waals surface area contributed by atoms with Crippen molar-refractivity contribution in [1.82, 2.24) is 0 Å². The number of hydrogen-bond acceptors (Lipinski definition) is 3. The fourth-order valence-corrected chi connectivity index (χ4v) is 1.96. The van der Waals surface area contributed by atoms with Gasteiger partial charge in [0.1, 0.15) is 11.8 Å². The van der Waals surface area contributed by atoms with E-state index in [1.54, 1.807) is 0 Å². The first-order valence-corrected chi connectivity index (χ1v) is 6.55. The standard InChI is InChI=1S/C17H17NO2/c1-12(2)20-17-8-7-15(9-16(17)10-18)14-5-3-13(11-19)4-6-14/h3-9,12,19H,11H2,1-2H3. The van der Waals surface area contributed by atoms with Gasteiger partial charge in [0.15, 0.2) is 0 Å². The Hall–Kier alpha value is -2.31. The second-order valence-electron chi connectivity index (χ2n) is 4.84. The molecule has 2 rings (SSSR count). The van der Waals surface area contributed by atoms with Crippen molar-refractivity contribution < 1.29 is 9.84 Å². The van der Waals surface area contributed by atoms with Gasteiger partial charge in [0.05, 0.1) is 18.3 Å². The normalized spacial score (nSPS) is 10.3. The largest absolute Gasteiger partial charge is 0.490 e. The summed E-state index contributed by atoms with van der Waals surface area (Å²) in [5, 5.41) is 18.3. The van der Waals surface area contributed by atoms with Crippen molar-refractivity contribution in [3.63, 3.8) is 0 Å². The predicted octanol–water partition coefficient (Wildman–Crippen LogP) is 3.50. The van der Waals surface area contributed by atoms with Gasteiger partial charge in [-0.15, -0.1) is 0 Å². The average molecular weight is 267 g/mol. The van der Waals surface area contributed by atoms with Gasteiger partial charge < -0.3 is 9.84 Å². The summed E-state index contributed by atoms with van der Waals surface area (Å²) in [6, 6.07) is 15.4. The lowest BCUT2D eigenvalue weighted by molar-refractivity contribution is 0.242. The van der Waals surface area contributed by atoms with Crippen molar-refractivity contribution in [3.8, 4) is 22.9 Å². The molecule has 2 aromatic rings. The van der Waals surface area contributed by atoms with E-state index < -0.39 is 0 Å². The molecule has 0 heterocycles. The van der Waals surface area contributed by atoms with Gasteiger partial charge in [0, 0.05) is 0 Å². The molecule has 0 saturated heterocycles. The van der Waals surface area contributed by atoms with E-state index in [1.807, 2.05) is 56.3 Å². The van der Waals surface area contributed by atoms with Gasteiger partial charge in [-0.05, 0) is 42.7 Å². The lowest BCUT2D eigenvalue weighted by Crippen LogP contribution is -2.06. The first-order valence-electron chi connectivity index (χ1n) is 6.55. The Morgan fingerprint density at radius 3 is 2.30 bits per heavy atom. The molecule has 0 amide bonds. The maximum absolute atomic E-state index is 9.22. The number of ether oxygens (including phenoxy) is 1. The molecule has 0 spiro atoms. The highest BCUT2D eigenvalue weighted by Crippen LogP contribution is 2.27. The molecule has 3 heteroatoms. The van der Waals surface area contributed by atoms with Crippen LogP contribution in [0.3, 0.4) is 0 Å². The van der Waals surface area contributed by atoms with Crippen LogP contribution in [0.1, 0.15) is 25.0 Å². The fraction of sp³-hybridized carbons (Fsp3) is 0.235. The highest BCUT2D eigenvalue weighted by molar-refractivity contribution is 5.67. The Morgan fingerprint density at radius 1 is 1.10 bits per heavy atom. The number of rotatable bonds is 4. The van der Waals surface area contributed by atoms with E-state index in [0.717, 1.165) is 16.7 Å². The molecule has 20 heavy (non-hydrogen) atoms. The summed E-state index contributed by atoms with van der Waals surface area (Å²) in [4.78, 5) is 0. The van der Waals surface area contributed by atoms with Crippen molar-refractivity contribution >= 4 is 0 Å². The Kier molecular flexibility index (Phi) is 4.39. The molecule has 0 radical (unpaired) electrons. The summed E-state index contributed by atoms with van der Waals surface area (Å²) in [5.41, 5.74) is 3.37. The molecule has 2 aromatic carbocycles. The lowest BCUT2D eigenvalue weighted by atomic mass is 10.0. The van der Waals surface area contributed by atoms with Crippen LogP contribution in [-0.4, -0.2) is 11.2 Å². The topological polar surface area (TPSA) is 53.2 Å². The molecule has 0 unspecified atom stereocenters.